The van der Waals surface area contributed by atoms with Crippen molar-refractivity contribution >= 4 is 15.7 Å². The number of rotatable bonds is 10. The van der Waals surface area contributed by atoms with Gasteiger partial charge in [0.15, 0.2) is 0 Å². The van der Waals surface area contributed by atoms with Crippen LogP contribution in [0.15, 0.2) is 90.2 Å². The van der Waals surface area contributed by atoms with Gasteiger partial charge in [-0.2, -0.15) is 0 Å². The minimum atomic E-state index is -3.74. The SMILES string of the molecule is CCN(Cc1cnc(S(=O)(=O)Cc2ccc(C)cc2)n1Cc1ccccc1)C(=O)c1ccc(OC)cc1. The van der Waals surface area contributed by atoms with Gasteiger partial charge >= 0.3 is 0 Å². The summed E-state index contributed by atoms with van der Waals surface area (Å²) >= 11 is 0. The molecule has 1 amide bonds. The molecule has 0 spiro atoms. The van der Waals surface area contributed by atoms with Crippen LogP contribution in [0.4, 0.5) is 0 Å². The molecule has 0 N–H and O–H groups in total. The van der Waals surface area contributed by atoms with Crippen LogP contribution in [0.25, 0.3) is 0 Å². The first-order chi connectivity index (χ1) is 17.8. The van der Waals surface area contributed by atoms with E-state index in [9.17, 15) is 13.2 Å². The molecule has 0 aliphatic carbocycles. The normalized spacial score (nSPS) is 11.3. The van der Waals surface area contributed by atoms with Gasteiger partial charge in [0.25, 0.3) is 5.91 Å². The Hall–Kier alpha value is -3.91. The predicted octanol–water partition coefficient (Wildman–Crippen LogP) is 4.88. The highest BCUT2D eigenvalue weighted by atomic mass is 32.2. The fourth-order valence-electron chi connectivity index (χ4n) is 4.11. The molecule has 0 saturated carbocycles. The van der Waals surface area contributed by atoms with Crippen LogP contribution >= 0.6 is 0 Å². The summed E-state index contributed by atoms with van der Waals surface area (Å²) in [5.41, 5.74) is 3.89. The van der Waals surface area contributed by atoms with E-state index in [1.54, 1.807) is 47.0 Å². The largest absolute Gasteiger partial charge is 0.497 e. The monoisotopic (exact) mass is 517 g/mol. The first kappa shape index (κ1) is 26.2. The van der Waals surface area contributed by atoms with E-state index in [4.69, 9.17) is 4.74 Å². The molecular weight excluding hydrogens is 486 g/mol. The Morgan fingerprint density at radius 2 is 1.62 bits per heavy atom. The molecule has 7 nitrogen and oxygen atoms in total. The molecule has 0 aliphatic rings. The molecule has 4 rings (SSSR count). The summed E-state index contributed by atoms with van der Waals surface area (Å²) in [5, 5.41) is -0.000113. The highest BCUT2D eigenvalue weighted by Crippen LogP contribution is 2.22. The molecule has 3 aromatic carbocycles. The minimum absolute atomic E-state index is 0.000113. The van der Waals surface area contributed by atoms with E-state index in [0.29, 0.717) is 35.7 Å². The molecule has 0 atom stereocenters. The van der Waals surface area contributed by atoms with Crippen molar-refractivity contribution < 1.29 is 17.9 Å². The third kappa shape index (κ3) is 6.27. The van der Waals surface area contributed by atoms with Crippen LogP contribution in [-0.2, 0) is 28.7 Å². The fourth-order valence-corrected chi connectivity index (χ4v) is 5.60. The van der Waals surface area contributed by atoms with Crippen molar-refractivity contribution in [1.82, 2.24) is 14.5 Å². The highest BCUT2D eigenvalue weighted by Gasteiger charge is 2.26. The summed E-state index contributed by atoms with van der Waals surface area (Å²) in [5.74, 6) is 0.367. The van der Waals surface area contributed by atoms with E-state index in [1.165, 1.54) is 0 Å². The van der Waals surface area contributed by atoms with Crippen LogP contribution in [0.3, 0.4) is 0 Å². The molecular formula is C29H31N3O4S. The molecule has 1 aromatic heterocycles. The number of hydrogen-bond acceptors (Lipinski definition) is 5. The fraction of sp³-hybridized carbons (Fsp3) is 0.241. The second-order valence-electron chi connectivity index (χ2n) is 8.90. The summed E-state index contributed by atoms with van der Waals surface area (Å²) in [4.78, 5) is 19.3. The number of amides is 1. The second kappa shape index (κ2) is 11.4. The van der Waals surface area contributed by atoms with Gasteiger partial charge in [-0.25, -0.2) is 13.4 Å². The van der Waals surface area contributed by atoms with E-state index < -0.39 is 9.84 Å². The van der Waals surface area contributed by atoms with Gasteiger partial charge in [0.2, 0.25) is 15.0 Å². The Morgan fingerprint density at radius 3 is 2.24 bits per heavy atom. The second-order valence-corrected chi connectivity index (χ2v) is 10.8. The van der Waals surface area contributed by atoms with Gasteiger partial charge < -0.3 is 14.2 Å². The van der Waals surface area contributed by atoms with Crippen LogP contribution in [0, 0.1) is 6.92 Å². The quantitative estimate of drug-likeness (QED) is 0.299. The molecule has 0 radical (unpaired) electrons. The summed E-state index contributed by atoms with van der Waals surface area (Å²) in [6.07, 6.45) is 1.56. The molecule has 0 saturated heterocycles. The highest BCUT2D eigenvalue weighted by molar-refractivity contribution is 7.90. The van der Waals surface area contributed by atoms with E-state index in [0.717, 1.165) is 11.1 Å². The maximum Gasteiger partial charge on any atom is 0.254 e. The van der Waals surface area contributed by atoms with Gasteiger partial charge in [0.05, 0.1) is 37.8 Å². The van der Waals surface area contributed by atoms with E-state index in [-0.39, 0.29) is 23.4 Å². The number of ether oxygens (including phenoxy) is 1. The minimum Gasteiger partial charge on any atom is -0.497 e. The Balaban J connectivity index is 1.67. The standard InChI is InChI=1S/C29H31N3O4S/c1-4-31(28(33)25-14-16-27(36-3)17-15-25)20-26-18-30-29(32(26)19-23-8-6-5-7-9-23)37(34,35)21-24-12-10-22(2)11-13-24/h5-18H,4,19-21H2,1-3H3. The molecule has 0 aliphatic heterocycles. The molecule has 8 heteroatoms. The lowest BCUT2D eigenvalue weighted by molar-refractivity contribution is 0.0749. The van der Waals surface area contributed by atoms with Crippen molar-refractivity contribution in [2.45, 2.75) is 37.8 Å². The zero-order valence-electron chi connectivity index (χ0n) is 21.3. The molecule has 0 unspecified atom stereocenters. The first-order valence-electron chi connectivity index (χ1n) is 12.1. The summed E-state index contributed by atoms with van der Waals surface area (Å²) in [6, 6.07) is 24.0. The zero-order valence-corrected chi connectivity index (χ0v) is 22.1. The van der Waals surface area contributed by atoms with Crippen LogP contribution in [-0.4, -0.2) is 42.4 Å². The van der Waals surface area contributed by atoms with Gasteiger partial charge in [-0.3, -0.25) is 4.79 Å². The predicted molar refractivity (Wildman–Crippen MR) is 143 cm³/mol. The van der Waals surface area contributed by atoms with Crippen LogP contribution in [0.2, 0.25) is 0 Å². The molecule has 0 fully saturated rings. The molecule has 192 valence electrons. The first-order valence-corrected chi connectivity index (χ1v) is 13.8. The maximum absolute atomic E-state index is 13.5. The number of imidazole rings is 1. The van der Waals surface area contributed by atoms with Crippen LogP contribution in [0.5, 0.6) is 5.75 Å². The summed E-state index contributed by atoms with van der Waals surface area (Å²) in [7, 11) is -2.17. The number of nitrogens with zero attached hydrogens (tertiary/aromatic N) is 3. The summed E-state index contributed by atoms with van der Waals surface area (Å²) in [6.45, 7) is 4.86. The smallest absolute Gasteiger partial charge is 0.254 e. The average Bonchev–Trinajstić information content (AvgIpc) is 3.31. The van der Waals surface area contributed by atoms with Crippen molar-refractivity contribution in [2.75, 3.05) is 13.7 Å². The number of methoxy groups -OCH3 is 1. The van der Waals surface area contributed by atoms with Gasteiger partial charge in [-0.15, -0.1) is 0 Å². The molecule has 1 heterocycles. The number of hydrogen-bond donors (Lipinski definition) is 0. The van der Waals surface area contributed by atoms with Crippen molar-refractivity contribution in [1.29, 1.82) is 0 Å². The Morgan fingerprint density at radius 1 is 0.946 bits per heavy atom. The molecule has 4 aromatic rings. The van der Waals surface area contributed by atoms with Crippen molar-refractivity contribution in [3.8, 4) is 5.75 Å². The molecule has 37 heavy (non-hydrogen) atoms. The number of benzene rings is 3. The van der Waals surface area contributed by atoms with Crippen molar-refractivity contribution in [3.63, 3.8) is 0 Å². The number of carbonyl (C=O) groups excluding carboxylic acids is 1. The van der Waals surface area contributed by atoms with Gasteiger partial charge in [0, 0.05) is 12.1 Å². The summed E-state index contributed by atoms with van der Waals surface area (Å²) < 4.78 is 33.9. The van der Waals surface area contributed by atoms with Crippen LogP contribution < -0.4 is 4.74 Å². The topological polar surface area (TPSA) is 81.5 Å². The van der Waals surface area contributed by atoms with E-state index in [2.05, 4.69) is 4.98 Å². The lowest BCUT2D eigenvalue weighted by Crippen LogP contribution is -2.31. The zero-order chi connectivity index (χ0) is 26.4. The lowest BCUT2D eigenvalue weighted by Gasteiger charge is -2.22. The maximum atomic E-state index is 13.5. The number of carbonyl (C=O) groups is 1. The Labute approximate surface area is 218 Å². The van der Waals surface area contributed by atoms with Crippen molar-refractivity contribution in [3.05, 3.63) is 113 Å². The van der Waals surface area contributed by atoms with Crippen LogP contribution in [0.1, 0.15) is 39.7 Å². The van der Waals surface area contributed by atoms with Crippen molar-refractivity contribution in [2.24, 2.45) is 0 Å². The Kier molecular flexibility index (Phi) is 8.08. The number of sulfone groups is 1. The number of aryl methyl sites for hydroxylation is 1. The molecule has 0 bridgehead atoms. The number of aromatic nitrogens is 2. The van der Waals surface area contributed by atoms with Gasteiger partial charge in [-0.05, 0) is 49.2 Å². The lowest BCUT2D eigenvalue weighted by atomic mass is 10.2. The van der Waals surface area contributed by atoms with E-state index in [1.807, 2.05) is 68.4 Å². The third-order valence-electron chi connectivity index (χ3n) is 6.20. The van der Waals surface area contributed by atoms with E-state index >= 15 is 0 Å². The Bertz CT molecular complexity index is 1450. The van der Waals surface area contributed by atoms with Gasteiger partial charge in [0.1, 0.15) is 5.75 Å². The van der Waals surface area contributed by atoms with Gasteiger partial charge in [-0.1, -0.05) is 60.2 Å². The average molecular weight is 518 g/mol. The third-order valence-corrected chi connectivity index (χ3v) is 7.79.